The highest BCUT2D eigenvalue weighted by atomic mass is 16.3. The molecule has 0 bridgehead atoms. The van der Waals surface area contributed by atoms with Gasteiger partial charge in [0.2, 0.25) is 0 Å². The molecule has 1 rings (SSSR count). The Labute approximate surface area is 105 Å². The standard InChI is InChI=1S/C14H26N2O/c1-3-5-6-7-8-9-10-14(17)13-11-15-12-16(13)4-2/h11-12,14,17H,3-10H2,1-2H3. The molecule has 0 aliphatic heterocycles. The summed E-state index contributed by atoms with van der Waals surface area (Å²) in [7, 11) is 0. The van der Waals surface area contributed by atoms with E-state index in [9.17, 15) is 5.11 Å². The largest absolute Gasteiger partial charge is 0.387 e. The van der Waals surface area contributed by atoms with Gasteiger partial charge in [0.25, 0.3) is 0 Å². The fourth-order valence-corrected chi connectivity index (χ4v) is 2.14. The van der Waals surface area contributed by atoms with E-state index in [1.165, 1.54) is 32.1 Å². The first-order valence-electron chi connectivity index (χ1n) is 6.97. The van der Waals surface area contributed by atoms with Gasteiger partial charge in [-0.1, -0.05) is 45.4 Å². The molecule has 0 spiro atoms. The van der Waals surface area contributed by atoms with Crippen LogP contribution in [0.25, 0.3) is 0 Å². The molecular formula is C14H26N2O. The molecule has 3 heteroatoms. The van der Waals surface area contributed by atoms with Gasteiger partial charge in [0.05, 0.1) is 24.3 Å². The number of hydrogen-bond acceptors (Lipinski definition) is 2. The molecule has 1 unspecified atom stereocenters. The maximum absolute atomic E-state index is 10.1. The number of hydrogen-bond donors (Lipinski definition) is 1. The van der Waals surface area contributed by atoms with E-state index >= 15 is 0 Å². The zero-order valence-corrected chi connectivity index (χ0v) is 11.2. The second-order valence-corrected chi connectivity index (χ2v) is 4.68. The van der Waals surface area contributed by atoms with E-state index in [4.69, 9.17) is 0 Å². The third-order valence-corrected chi connectivity index (χ3v) is 3.26. The lowest BCUT2D eigenvalue weighted by Gasteiger charge is -2.12. The van der Waals surface area contributed by atoms with Crippen molar-refractivity contribution in [3.05, 3.63) is 18.2 Å². The fourth-order valence-electron chi connectivity index (χ4n) is 2.14. The summed E-state index contributed by atoms with van der Waals surface area (Å²) in [5, 5.41) is 10.1. The zero-order chi connectivity index (χ0) is 12.5. The number of rotatable bonds is 9. The van der Waals surface area contributed by atoms with E-state index in [2.05, 4.69) is 18.8 Å². The topological polar surface area (TPSA) is 38.1 Å². The molecule has 0 aliphatic carbocycles. The van der Waals surface area contributed by atoms with E-state index < -0.39 is 0 Å². The number of unbranched alkanes of at least 4 members (excludes halogenated alkanes) is 5. The van der Waals surface area contributed by atoms with Crippen LogP contribution in [0.3, 0.4) is 0 Å². The smallest absolute Gasteiger partial charge is 0.0955 e. The number of aliphatic hydroxyl groups is 1. The van der Waals surface area contributed by atoms with Crippen molar-refractivity contribution in [3.8, 4) is 0 Å². The Bertz CT molecular complexity index is 296. The van der Waals surface area contributed by atoms with Gasteiger partial charge in [-0.25, -0.2) is 4.98 Å². The number of aryl methyl sites for hydroxylation is 1. The molecule has 1 aromatic rings. The number of nitrogens with zero attached hydrogens (tertiary/aromatic N) is 2. The second kappa shape index (κ2) is 8.29. The SMILES string of the molecule is CCCCCCCCC(O)c1cncn1CC. The number of imidazole rings is 1. The molecule has 17 heavy (non-hydrogen) atoms. The second-order valence-electron chi connectivity index (χ2n) is 4.68. The Morgan fingerprint density at radius 2 is 1.88 bits per heavy atom. The molecular weight excluding hydrogens is 212 g/mol. The van der Waals surface area contributed by atoms with Crippen LogP contribution in [0.4, 0.5) is 0 Å². The van der Waals surface area contributed by atoms with Gasteiger partial charge in [-0.2, -0.15) is 0 Å². The van der Waals surface area contributed by atoms with Crippen LogP contribution in [0.2, 0.25) is 0 Å². The van der Waals surface area contributed by atoms with Crippen molar-refractivity contribution in [2.45, 2.75) is 71.4 Å². The van der Waals surface area contributed by atoms with Crippen LogP contribution in [0.1, 0.15) is 70.6 Å². The minimum absolute atomic E-state index is 0.344. The molecule has 1 heterocycles. The number of aromatic nitrogens is 2. The quantitative estimate of drug-likeness (QED) is 0.666. The predicted molar refractivity (Wildman–Crippen MR) is 70.9 cm³/mol. The first-order chi connectivity index (χ1) is 8.29. The van der Waals surface area contributed by atoms with Crippen LogP contribution in [0.5, 0.6) is 0 Å². The van der Waals surface area contributed by atoms with Gasteiger partial charge >= 0.3 is 0 Å². The van der Waals surface area contributed by atoms with Crippen molar-refractivity contribution in [1.82, 2.24) is 9.55 Å². The van der Waals surface area contributed by atoms with E-state index in [0.717, 1.165) is 25.1 Å². The summed E-state index contributed by atoms with van der Waals surface area (Å²) >= 11 is 0. The van der Waals surface area contributed by atoms with Gasteiger partial charge < -0.3 is 9.67 Å². The molecule has 3 nitrogen and oxygen atoms in total. The monoisotopic (exact) mass is 238 g/mol. The summed E-state index contributed by atoms with van der Waals surface area (Å²) in [5.41, 5.74) is 0.959. The maximum Gasteiger partial charge on any atom is 0.0955 e. The van der Waals surface area contributed by atoms with Gasteiger partial charge in [-0.3, -0.25) is 0 Å². The first kappa shape index (κ1) is 14.2. The van der Waals surface area contributed by atoms with E-state index in [1.807, 2.05) is 4.57 Å². The summed E-state index contributed by atoms with van der Waals surface area (Å²) in [4.78, 5) is 4.09. The van der Waals surface area contributed by atoms with Crippen LogP contribution >= 0.6 is 0 Å². The molecule has 0 fully saturated rings. The highest BCUT2D eigenvalue weighted by Crippen LogP contribution is 2.19. The van der Waals surface area contributed by atoms with Crippen molar-refractivity contribution < 1.29 is 5.11 Å². The zero-order valence-electron chi connectivity index (χ0n) is 11.2. The Hall–Kier alpha value is -0.830. The lowest BCUT2D eigenvalue weighted by molar-refractivity contribution is 0.154. The third kappa shape index (κ3) is 4.90. The van der Waals surface area contributed by atoms with Crippen molar-refractivity contribution in [3.63, 3.8) is 0 Å². The van der Waals surface area contributed by atoms with Crippen molar-refractivity contribution in [2.24, 2.45) is 0 Å². The minimum Gasteiger partial charge on any atom is -0.387 e. The van der Waals surface area contributed by atoms with Gasteiger partial charge in [-0.15, -0.1) is 0 Å². The molecule has 1 N–H and O–H groups in total. The Morgan fingerprint density at radius 3 is 2.59 bits per heavy atom. The summed E-state index contributed by atoms with van der Waals surface area (Å²) in [6.45, 7) is 5.18. The lowest BCUT2D eigenvalue weighted by Crippen LogP contribution is -2.05. The fraction of sp³-hybridized carbons (Fsp3) is 0.786. The van der Waals surface area contributed by atoms with Crippen LogP contribution in [-0.2, 0) is 6.54 Å². The van der Waals surface area contributed by atoms with Crippen LogP contribution < -0.4 is 0 Å². The molecule has 0 radical (unpaired) electrons. The molecule has 1 aromatic heterocycles. The molecule has 0 saturated carbocycles. The predicted octanol–water partition coefficient (Wildman–Crippen LogP) is 3.69. The van der Waals surface area contributed by atoms with E-state index in [-0.39, 0.29) is 6.10 Å². The average Bonchev–Trinajstić information content (AvgIpc) is 2.81. The van der Waals surface area contributed by atoms with Crippen molar-refractivity contribution >= 4 is 0 Å². The van der Waals surface area contributed by atoms with E-state index in [1.54, 1.807) is 12.5 Å². The van der Waals surface area contributed by atoms with Crippen molar-refractivity contribution in [2.75, 3.05) is 0 Å². The van der Waals surface area contributed by atoms with Gasteiger partial charge in [0.1, 0.15) is 0 Å². The molecule has 0 aliphatic rings. The molecule has 0 amide bonds. The van der Waals surface area contributed by atoms with E-state index in [0.29, 0.717) is 0 Å². The Balaban J connectivity index is 2.19. The normalized spacial score (nSPS) is 12.9. The summed E-state index contributed by atoms with van der Waals surface area (Å²) in [5.74, 6) is 0. The highest BCUT2D eigenvalue weighted by Gasteiger charge is 2.11. The average molecular weight is 238 g/mol. The Kier molecular flexibility index (Phi) is 6.94. The highest BCUT2D eigenvalue weighted by molar-refractivity contribution is 5.02. The third-order valence-electron chi connectivity index (χ3n) is 3.26. The maximum atomic E-state index is 10.1. The molecule has 0 aromatic carbocycles. The van der Waals surface area contributed by atoms with Gasteiger partial charge in [-0.05, 0) is 13.3 Å². The Morgan fingerprint density at radius 1 is 1.18 bits per heavy atom. The summed E-state index contributed by atoms with van der Waals surface area (Å²) in [6.07, 6.45) is 11.7. The number of aliphatic hydroxyl groups excluding tert-OH is 1. The molecule has 1 atom stereocenters. The summed E-state index contributed by atoms with van der Waals surface area (Å²) < 4.78 is 2.02. The minimum atomic E-state index is -0.344. The van der Waals surface area contributed by atoms with Crippen LogP contribution in [0, 0.1) is 0 Å². The molecule has 98 valence electrons. The van der Waals surface area contributed by atoms with Gasteiger partial charge in [0, 0.05) is 6.54 Å². The van der Waals surface area contributed by atoms with Crippen LogP contribution in [-0.4, -0.2) is 14.7 Å². The first-order valence-corrected chi connectivity index (χ1v) is 6.97. The molecule has 0 saturated heterocycles. The van der Waals surface area contributed by atoms with Crippen LogP contribution in [0.15, 0.2) is 12.5 Å². The summed E-state index contributed by atoms with van der Waals surface area (Å²) in [6, 6.07) is 0. The van der Waals surface area contributed by atoms with Gasteiger partial charge in [0.15, 0.2) is 0 Å². The van der Waals surface area contributed by atoms with Crippen molar-refractivity contribution in [1.29, 1.82) is 0 Å². The lowest BCUT2D eigenvalue weighted by atomic mass is 10.1.